The van der Waals surface area contributed by atoms with E-state index in [1.165, 1.54) is 18.2 Å². The minimum absolute atomic E-state index is 0.198. The number of nitrogens with two attached hydrogens (primary N) is 2. The molecule has 0 saturated carbocycles. The zero-order valence-corrected chi connectivity index (χ0v) is 15.4. The molecule has 0 heterocycles. The molecule has 0 aliphatic rings. The largest absolute Gasteiger partial charge is 0.480 e. The Hall–Kier alpha value is -2.61. The smallest absolute Gasteiger partial charge is 0.326 e. The molecular weight excluding hydrogens is 336 g/mol. The summed E-state index contributed by atoms with van der Waals surface area (Å²) in [6, 6.07) is 2.68. The summed E-state index contributed by atoms with van der Waals surface area (Å²) in [5, 5.41) is 14.3. The summed E-state index contributed by atoms with van der Waals surface area (Å²) in [5.41, 5.74) is 12.4. The summed E-state index contributed by atoms with van der Waals surface area (Å²) in [6.07, 6.45) is 2.31. The van der Waals surface area contributed by atoms with E-state index in [1.807, 2.05) is 6.92 Å². The number of amides is 2. The number of benzene rings is 1. The standard InChI is InChI=1S/C18H28N4O4/c1-4-5-6-13(20)17(24)21-14-9-11(7-8-12(14)19)16(23)22-15(10(2)3)18(25)26/h7-10,13,15H,4-6,19-20H2,1-3H3,(H,21,24)(H,22,23)(H,25,26)/t13-,15-/m0/s1. The summed E-state index contributed by atoms with van der Waals surface area (Å²) in [6.45, 7) is 5.41. The summed E-state index contributed by atoms with van der Waals surface area (Å²) >= 11 is 0. The van der Waals surface area contributed by atoms with Gasteiger partial charge >= 0.3 is 5.97 Å². The Labute approximate surface area is 153 Å². The first-order chi connectivity index (χ1) is 12.2. The minimum Gasteiger partial charge on any atom is -0.480 e. The van der Waals surface area contributed by atoms with Crippen LogP contribution >= 0.6 is 0 Å². The van der Waals surface area contributed by atoms with Crippen LogP contribution in [0.4, 0.5) is 11.4 Å². The molecule has 7 N–H and O–H groups in total. The summed E-state index contributed by atoms with van der Waals surface area (Å²) in [5.74, 6) is -2.33. The number of carboxylic acid groups (broad SMARTS) is 1. The minimum atomic E-state index is -1.11. The van der Waals surface area contributed by atoms with Crippen LogP contribution in [0.5, 0.6) is 0 Å². The van der Waals surface area contributed by atoms with Crippen LogP contribution in [0.25, 0.3) is 0 Å². The third-order valence-electron chi connectivity index (χ3n) is 4.00. The van der Waals surface area contributed by atoms with E-state index in [0.29, 0.717) is 6.42 Å². The van der Waals surface area contributed by atoms with Crippen molar-refractivity contribution in [2.75, 3.05) is 11.1 Å². The van der Waals surface area contributed by atoms with Crippen LogP contribution in [0.1, 0.15) is 50.4 Å². The average molecular weight is 364 g/mol. The van der Waals surface area contributed by atoms with Gasteiger partial charge in [-0.05, 0) is 30.5 Å². The monoisotopic (exact) mass is 364 g/mol. The quantitative estimate of drug-likeness (QED) is 0.420. The maximum absolute atomic E-state index is 12.3. The molecule has 1 aromatic carbocycles. The first-order valence-electron chi connectivity index (χ1n) is 8.67. The highest BCUT2D eigenvalue weighted by molar-refractivity contribution is 6.01. The highest BCUT2D eigenvalue weighted by Crippen LogP contribution is 2.21. The Kier molecular flexibility index (Phi) is 8.05. The molecular formula is C18H28N4O4. The van der Waals surface area contributed by atoms with Crippen molar-refractivity contribution in [3.05, 3.63) is 23.8 Å². The average Bonchev–Trinajstić information content (AvgIpc) is 2.58. The van der Waals surface area contributed by atoms with E-state index < -0.39 is 24.0 Å². The van der Waals surface area contributed by atoms with Crippen LogP contribution in [0.2, 0.25) is 0 Å². The van der Waals surface area contributed by atoms with Crippen molar-refractivity contribution >= 4 is 29.2 Å². The van der Waals surface area contributed by atoms with Gasteiger partial charge in [0.25, 0.3) is 5.91 Å². The number of nitrogens with one attached hydrogen (secondary N) is 2. The summed E-state index contributed by atoms with van der Waals surface area (Å²) in [4.78, 5) is 35.7. The number of carbonyl (C=O) groups excluding carboxylic acids is 2. The van der Waals surface area contributed by atoms with Gasteiger partial charge in [0.05, 0.1) is 17.4 Å². The third kappa shape index (κ3) is 6.03. The fourth-order valence-electron chi connectivity index (χ4n) is 2.32. The first-order valence-corrected chi connectivity index (χ1v) is 8.67. The van der Waals surface area contributed by atoms with Crippen LogP contribution < -0.4 is 22.1 Å². The highest BCUT2D eigenvalue weighted by Gasteiger charge is 2.24. The SMILES string of the molecule is CCCC[C@H](N)C(=O)Nc1cc(C(=O)N[C@H](C(=O)O)C(C)C)ccc1N. The van der Waals surface area contributed by atoms with E-state index in [2.05, 4.69) is 10.6 Å². The molecule has 0 saturated heterocycles. The number of carboxylic acids is 1. The fraction of sp³-hybridized carbons (Fsp3) is 0.500. The number of nitrogen functional groups attached to an aromatic ring is 1. The maximum Gasteiger partial charge on any atom is 0.326 e. The Morgan fingerprint density at radius 2 is 1.88 bits per heavy atom. The molecule has 8 heteroatoms. The summed E-state index contributed by atoms with van der Waals surface area (Å²) < 4.78 is 0. The van der Waals surface area contributed by atoms with Gasteiger partial charge in [-0.1, -0.05) is 33.6 Å². The van der Waals surface area contributed by atoms with Crippen molar-refractivity contribution in [2.45, 2.75) is 52.1 Å². The van der Waals surface area contributed by atoms with E-state index in [9.17, 15) is 19.5 Å². The molecule has 0 bridgehead atoms. The van der Waals surface area contributed by atoms with Crippen molar-refractivity contribution in [2.24, 2.45) is 11.7 Å². The molecule has 0 unspecified atom stereocenters. The van der Waals surface area contributed by atoms with Crippen LogP contribution in [0, 0.1) is 5.92 Å². The Morgan fingerprint density at radius 3 is 2.42 bits per heavy atom. The summed E-state index contributed by atoms with van der Waals surface area (Å²) in [7, 11) is 0. The molecule has 0 spiro atoms. The number of unbranched alkanes of at least 4 members (excludes halogenated alkanes) is 1. The second-order valence-corrected chi connectivity index (χ2v) is 6.57. The van der Waals surface area contributed by atoms with E-state index >= 15 is 0 Å². The Bertz CT molecular complexity index is 661. The maximum atomic E-state index is 12.3. The molecule has 1 rings (SSSR count). The number of aliphatic carboxylic acids is 1. The van der Waals surface area contributed by atoms with Gasteiger partial charge < -0.3 is 27.2 Å². The first kappa shape index (κ1) is 21.4. The lowest BCUT2D eigenvalue weighted by atomic mass is 10.0. The molecule has 0 fully saturated rings. The van der Waals surface area contributed by atoms with E-state index in [1.54, 1.807) is 13.8 Å². The van der Waals surface area contributed by atoms with E-state index in [4.69, 9.17) is 11.5 Å². The highest BCUT2D eigenvalue weighted by atomic mass is 16.4. The lowest BCUT2D eigenvalue weighted by molar-refractivity contribution is -0.140. The molecule has 0 aromatic heterocycles. The van der Waals surface area contributed by atoms with E-state index in [0.717, 1.165) is 12.8 Å². The Balaban J connectivity index is 2.90. The number of rotatable bonds is 9. The normalized spacial score (nSPS) is 13.1. The zero-order valence-electron chi connectivity index (χ0n) is 15.4. The number of hydrogen-bond donors (Lipinski definition) is 5. The van der Waals surface area contributed by atoms with Gasteiger partial charge in [-0.3, -0.25) is 9.59 Å². The third-order valence-corrected chi connectivity index (χ3v) is 4.00. The number of carbonyl (C=O) groups is 3. The second kappa shape index (κ2) is 9.76. The molecule has 0 radical (unpaired) electrons. The topological polar surface area (TPSA) is 148 Å². The molecule has 2 atom stereocenters. The second-order valence-electron chi connectivity index (χ2n) is 6.57. The van der Waals surface area contributed by atoms with Gasteiger partial charge in [0, 0.05) is 5.56 Å². The van der Waals surface area contributed by atoms with Crippen LogP contribution in [0.15, 0.2) is 18.2 Å². The van der Waals surface area contributed by atoms with Gasteiger partial charge in [-0.15, -0.1) is 0 Å². The van der Waals surface area contributed by atoms with Crippen LogP contribution in [-0.2, 0) is 9.59 Å². The van der Waals surface area contributed by atoms with Gasteiger partial charge in [-0.25, -0.2) is 4.79 Å². The fourth-order valence-corrected chi connectivity index (χ4v) is 2.32. The molecule has 0 aliphatic heterocycles. The predicted octanol–water partition coefficient (Wildman–Crippen LogP) is 1.56. The number of anilines is 2. The van der Waals surface area contributed by atoms with Crippen molar-refractivity contribution in [1.29, 1.82) is 0 Å². The van der Waals surface area contributed by atoms with E-state index in [-0.39, 0.29) is 28.8 Å². The van der Waals surface area contributed by atoms with Crippen molar-refractivity contribution < 1.29 is 19.5 Å². The van der Waals surface area contributed by atoms with Gasteiger partial charge in [0.2, 0.25) is 5.91 Å². The van der Waals surface area contributed by atoms with Gasteiger partial charge in [0.1, 0.15) is 6.04 Å². The lowest BCUT2D eigenvalue weighted by Crippen LogP contribution is -2.44. The number of hydrogen-bond acceptors (Lipinski definition) is 5. The lowest BCUT2D eigenvalue weighted by Gasteiger charge is -2.18. The zero-order chi connectivity index (χ0) is 19.9. The van der Waals surface area contributed by atoms with Gasteiger partial charge in [-0.2, -0.15) is 0 Å². The Morgan fingerprint density at radius 1 is 1.23 bits per heavy atom. The molecule has 8 nitrogen and oxygen atoms in total. The molecule has 1 aromatic rings. The molecule has 0 aliphatic carbocycles. The molecule has 26 heavy (non-hydrogen) atoms. The van der Waals surface area contributed by atoms with Crippen molar-refractivity contribution in [1.82, 2.24) is 5.32 Å². The van der Waals surface area contributed by atoms with Gasteiger partial charge in [0.15, 0.2) is 0 Å². The predicted molar refractivity (Wildman–Crippen MR) is 101 cm³/mol. The van der Waals surface area contributed by atoms with Crippen molar-refractivity contribution in [3.8, 4) is 0 Å². The molecule has 144 valence electrons. The van der Waals surface area contributed by atoms with Crippen LogP contribution in [0.3, 0.4) is 0 Å². The van der Waals surface area contributed by atoms with Crippen LogP contribution in [-0.4, -0.2) is 35.0 Å². The van der Waals surface area contributed by atoms with Crippen molar-refractivity contribution in [3.63, 3.8) is 0 Å². The molecule has 2 amide bonds.